The van der Waals surface area contributed by atoms with Gasteiger partial charge in [-0.1, -0.05) is 48.5 Å². The van der Waals surface area contributed by atoms with Crippen LogP contribution in [0.2, 0.25) is 0 Å². The Morgan fingerprint density at radius 3 is 2.21 bits per heavy atom. The molecule has 2 unspecified atom stereocenters. The van der Waals surface area contributed by atoms with Gasteiger partial charge in [-0.2, -0.15) is 0 Å². The van der Waals surface area contributed by atoms with Gasteiger partial charge in [0.05, 0.1) is 0 Å². The van der Waals surface area contributed by atoms with Crippen molar-refractivity contribution in [2.45, 2.75) is 12.3 Å². The van der Waals surface area contributed by atoms with Crippen molar-refractivity contribution in [1.29, 1.82) is 0 Å². The van der Waals surface area contributed by atoms with E-state index in [-0.39, 0.29) is 11.8 Å². The lowest BCUT2D eigenvalue weighted by Gasteiger charge is -2.17. The number of hydrogen-bond donors (Lipinski definition) is 0. The molecule has 2 aromatic rings. The van der Waals surface area contributed by atoms with E-state index >= 15 is 0 Å². The molecule has 1 saturated carbocycles. The average Bonchev–Trinajstić information content (AvgIpc) is 3.28. The summed E-state index contributed by atoms with van der Waals surface area (Å²) < 4.78 is 0. The number of nitrogens with zero attached hydrogens (tertiary/aromatic N) is 1. The van der Waals surface area contributed by atoms with Crippen LogP contribution in [0.15, 0.2) is 60.7 Å². The summed E-state index contributed by atoms with van der Waals surface area (Å²) in [5.74, 6) is 0.771. The lowest BCUT2D eigenvalue weighted by Crippen LogP contribution is -2.28. The molecule has 0 heterocycles. The van der Waals surface area contributed by atoms with Gasteiger partial charge in [0.2, 0.25) is 5.91 Å². The number of amides is 1. The number of benzene rings is 2. The number of anilines is 1. The van der Waals surface area contributed by atoms with Crippen LogP contribution in [0.25, 0.3) is 0 Å². The van der Waals surface area contributed by atoms with Gasteiger partial charge in [-0.25, -0.2) is 0 Å². The first-order chi connectivity index (χ1) is 9.27. The smallest absolute Gasteiger partial charge is 0.230 e. The fraction of sp³-hybridized carbons (Fsp3) is 0.235. The Hall–Kier alpha value is -2.09. The standard InChI is InChI=1S/C17H17NO/c1-18(14-10-6-3-7-11-14)17(19)16-12-15(16)13-8-4-2-5-9-13/h2-11,15-16H,12H2,1H3. The van der Waals surface area contributed by atoms with Gasteiger partial charge < -0.3 is 4.90 Å². The maximum absolute atomic E-state index is 12.4. The van der Waals surface area contributed by atoms with Crippen molar-refractivity contribution in [3.05, 3.63) is 66.2 Å². The summed E-state index contributed by atoms with van der Waals surface area (Å²) in [7, 11) is 1.86. The molecule has 1 aliphatic carbocycles. The van der Waals surface area contributed by atoms with E-state index in [1.54, 1.807) is 4.90 Å². The number of rotatable bonds is 3. The van der Waals surface area contributed by atoms with Crippen molar-refractivity contribution < 1.29 is 4.79 Å². The molecule has 2 aromatic carbocycles. The maximum atomic E-state index is 12.4. The van der Waals surface area contributed by atoms with E-state index in [1.165, 1.54) is 5.56 Å². The average molecular weight is 251 g/mol. The molecule has 0 bridgehead atoms. The summed E-state index contributed by atoms with van der Waals surface area (Å²) in [5.41, 5.74) is 2.24. The molecule has 2 nitrogen and oxygen atoms in total. The zero-order valence-corrected chi connectivity index (χ0v) is 11.0. The molecule has 1 fully saturated rings. The third-order valence-corrected chi connectivity index (χ3v) is 3.81. The SMILES string of the molecule is CN(C(=O)C1CC1c1ccccc1)c1ccccc1. The first-order valence-electron chi connectivity index (χ1n) is 6.65. The third-order valence-electron chi connectivity index (χ3n) is 3.81. The Labute approximate surface area is 113 Å². The second-order valence-electron chi connectivity index (χ2n) is 5.09. The zero-order valence-electron chi connectivity index (χ0n) is 11.0. The normalized spacial score (nSPS) is 20.9. The molecule has 0 aromatic heterocycles. The van der Waals surface area contributed by atoms with Gasteiger partial charge >= 0.3 is 0 Å². The largest absolute Gasteiger partial charge is 0.315 e. The minimum Gasteiger partial charge on any atom is -0.315 e. The highest BCUT2D eigenvalue weighted by Gasteiger charge is 2.45. The molecule has 0 radical (unpaired) electrons. The molecule has 0 aliphatic heterocycles. The molecular weight excluding hydrogens is 234 g/mol. The van der Waals surface area contributed by atoms with E-state index in [2.05, 4.69) is 12.1 Å². The molecule has 1 amide bonds. The van der Waals surface area contributed by atoms with E-state index in [9.17, 15) is 4.79 Å². The number of carbonyl (C=O) groups is 1. The first-order valence-corrected chi connectivity index (χ1v) is 6.65. The van der Waals surface area contributed by atoms with Crippen LogP contribution in [0.4, 0.5) is 5.69 Å². The highest BCUT2D eigenvalue weighted by Crippen LogP contribution is 2.48. The van der Waals surface area contributed by atoms with Crippen molar-refractivity contribution >= 4 is 11.6 Å². The van der Waals surface area contributed by atoms with Gasteiger partial charge in [-0.05, 0) is 30.0 Å². The fourth-order valence-electron chi connectivity index (χ4n) is 2.56. The van der Waals surface area contributed by atoms with E-state index in [4.69, 9.17) is 0 Å². The van der Waals surface area contributed by atoms with Gasteiger partial charge in [-0.3, -0.25) is 4.79 Å². The lowest BCUT2D eigenvalue weighted by atomic mass is 10.1. The molecule has 0 spiro atoms. The lowest BCUT2D eigenvalue weighted by molar-refractivity contribution is -0.119. The Bertz CT molecular complexity index is 564. The van der Waals surface area contributed by atoms with Gasteiger partial charge in [0.15, 0.2) is 0 Å². The van der Waals surface area contributed by atoms with E-state index in [0.717, 1.165) is 12.1 Å². The monoisotopic (exact) mass is 251 g/mol. The molecule has 0 N–H and O–H groups in total. The predicted molar refractivity (Wildman–Crippen MR) is 77.1 cm³/mol. The second-order valence-corrected chi connectivity index (χ2v) is 5.09. The van der Waals surface area contributed by atoms with Crippen molar-refractivity contribution in [1.82, 2.24) is 0 Å². The number of carbonyl (C=O) groups excluding carboxylic acids is 1. The van der Waals surface area contributed by atoms with Crippen molar-refractivity contribution in [2.75, 3.05) is 11.9 Å². The Morgan fingerprint density at radius 2 is 1.58 bits per heavy atom. The molecule has 3 rings (SSSR count). The van der Waals surface area contributed by atoms with Crippen molar-refractivity contribution in [3.8, 4) is 0 Å². The first kappa shape index (κ1) is 12.0. The van der Waals surface area contributed by atoms with E-state index < -0.39 is 0 Å². The molecule has 2 heteroatoms. The third kappa shape index (κ3) is 2.39. The Kier molecular flexibility index (Phi) is 3.08. The summed E-state index contributed by atoms with van der Waals surface area (Å²) in [6, 6.07) is 20.1. The van der Waals surface area contributed by atoms with Gasteiger partial charge in [0, 0.05) is 18.7 Å². The predicted octanol–water partition coefficient (Wildman–Crippen LogP) is 3.45. The topological polar surface area (TPSA) is 20.3 Å². The molecule has 96 valence electrons. The maximum Gasteiger partial charge on any atom is 0.230 e. The zero-order chi connectivity index (χ0) is 13.2. The second kappa shape index (κ2) is 4.88. The quantitative estimate of drug-likeness (QED) is 0.818. The molecule has 1 aliphatic rings. The van der Waals surface area contributed by atoms with Gasteiger partial charge in [-0.15, -0.1) is 0 Å². The summed E-state index contributed by atoms with van der Waals surface area (Å²) in [6.07, 6.45) is 0.972. The Morgan fingerprint density at radius 1 is 1.00 bits per heavy atom. The number of hydrogen-bond acceptors (Lipinski definition) is 1. The molecule has 0 saturated heterocycles. The molecular formula is C17H17NO. The van der Waals surface area contributed by atoms with Crippen LogP contribution < -0.4 is 4.90 Å². The van der Waals surface area contributed by atoms with Gasteiger partial charge in [0.1, 0.15) is 0 Å². The van der Waals surface area contributed by atoms with E-state index in [0.29, 0.717) is 5.92 Å². The molecule has 2 atom stereocenters. The summed E-state index contributed by atoms with van der Waals surface area (Å²) in [5, 5.41) is 0. The fourth-order valence-corrected chi connectivity index (χ4v) is 2.56. The van der Waals surface area contributed by atoms with Crippen LogP contribution in [0, 0.1) is 5.92 Å². The van der Waals surface area contributed by atoms with Crippen LogP contribution in [0.1, 0.15) is 17.9 Å². The van der Waals surface area contributed by atoms with Crippen LogP contribution in [0.3, 0.4) is 0 Å². The summed E-state index contributed by atoms with van der Waals surface area (Å²) in [6.45, 7) is 0. The van der Waals surface area contributed by atoms with Crippen LogP contribution in [-0.2, 0) is 4.79 Å². The van der Waals surface area contributed by atoms with Crippen LogP contribution >= 0.6 is 0 Å². The summed E-state index contributed by atoms with van der Waals surface area (Å²) >= 11 is 0. The van der Waals surface area contributed by atoms with E-state index in [1.807, 2.05) is 55.6 Å². The molecule has 19 heavy (non-hydrogen) atoms. The Balaban J connectivity index is 1.70. The minimum atomic E-state index is 0.146. The van der Waals surface area contributed by atoms with Crippen molar-refractivity contribution in [3.63, 3.8) is 0 Å². The van der Waals surface area contributed by atoms with Crippen LogP contribution in [-0.4, -0.2) is 13.0 Å². The van der Waals surface area contributed by atoms with Gasteiger partial charge in [0.25, 0.3) is 0 Å². The van der Waals surface area contributed by atoms with Crippen LogP contribution in [0.5, 0.6) is 0 Å². The number of para-hydroxylation sites is 1. The summed E-state index contributed by atoms with van der Waals surface area (Å²) in [4.78, 5) is 14.2. The van der Waals surface area contributed by atoms with Crippen molar-refractivity contribution in [2.24, 2.45) is 5.92 Å². The highest BCUT2D eigenvalue weighted by molar-refractivity contribution is 5.97. The minimum absolute atomic E-state index is 0.146. The highest BCUT2D eigenvalue weighted by atomic mass is 16.2.